The highest BCUT2D eigenvalue weighted by Crippen LogP contribution is 2.22. The summed E-state index contributed by atoms with van der Waals surface area (Å²) < 4.78 is 0. The maximum Gasteiger partial charge on any atom is 0.272 e. The molecule has 0 unspecified atom stereocenters. The number of aryl methyl sites for hydroxylation is 1. The second-order valence-electron chi connectivity index (χ2n) is 5.48. The lowest BCUT2D eigenvalue weighted by atomic mass is 10.1. The number of nitrogens with one attached hydrogen (secondary N) is 3. The molecule has 0 atom stereocenters. The van der Waals surface area contributed by atoms with E-state index >= 15 is 0 Å². The van der Waals surface area contributed by atoms with E-state index in [0.29, 0.717) is 22.0 Å². The molecule has 0 aliphatic carbocycles. The average Bonchev–Trinajstić information content (AvgIpc) is 2.99. The molecule has 2 aromatic carbocycles. The fourth-order valence-electron chi connectivity index (χ4n) is 2.46. The van der Waals surface area contributed by atoms with Crippen molar-refractivity contribution in [1.82, 2.24) is 10.3 Å². The topological polar surface area (TPSA) is 74.0 Å². The highest BCUT2D eigenvalue weighted by Gasteiger charge is 2.13. The van der Waals surface area contributed by atoms with Crippen LogP contribution in [0.1, 0.15) is 26.4 Å². The van der Waals surface area contributed by atoms with E-state index in [4.69, 9.17) is 11.6 Å². The summed E-state index contributed by atoms with van der Waals surface area (Å²) in [6, 6.07) is 12.3. The van der Waals surface area contributed by atoms with E-state index in [1.165, 1.54) is 0 Å². The van der Waals surface area contributed by atoms with Crippen LogP contribution in [0, 0.1) is 6.92 Å². The summed E-state index contributed by atoms with van der Waals surface area (Å²) >= 11 is 5.97. The molecule has 5 nitrogen and oxygen atoms in total. The van der Waals surface area contributed by atoms with Gasteiger partial charge in [0.1, 0.15) is 5.69 Å². The number of amides is 2. The minimum atomic E-state index is -0.278. The van der Waals surface area contributed by atoms with Gasteiger partial charge in [0.2, 0.25) is 0 Å². The van der Waals surface area contributed by atoms with Gasteiger partial charge in [-0.3, -0.25) is 9.59 Å². The van der Waals surface area contributed by atoms with Gasteiger partial charge >= 0.3 is 0 Å². The smallest absolute Gasteiger partial charge is 0.272 e. The van der Waals surface area contributed by atoms with Gasteiger partial charge in [-0.2, -0.15) is 0 Å². The van der Waals surface area contributed by atoms with Crippen molar-refractivity contribution in [3.63, 3.8) is 0 Å². The Morgan fingerprint density at radius 3 is 2.58 bits per heavy atom. The van der Waals surface area contributed by atoms with Crippen molar-refractivity contribution < 1.29 is 9.59 Å². The second-order valence-corrected chi connectivity index (χ2v) is 5.91. The third kappa shape index (κ3) is 3.12. The number of hydrogen-bond donors (Lipinski definition) is 3. The number of halogens is 1. The summed E-state index contributed by atoms with van der Waals surface area (Å²) in [5.74, 6) is -0.481. The van der Waals surface area contributed by atoms with Crippen LogP contribution in [0.25, 0.3) is 10.9 Å². The van der Waals surface area contributed by atoms with Gasteiger partial charge in [-0.1, -0.05) is 17.7 Å². The van der Waals surface area contributed by atoms with Crippen LogP contribution in [0.4, 0.5) is 5.69 Å². The van der Waals surface area contributed by atoms with Gasteiger partial charge in [0, 0.05) is 34.2 Å². The highest BCUT2D eigenvalue weighted by molar-refractivity contribution is 6.31. The lowest BCUT2D eigenvalue weighted by Gasteiger charge is -2.09. The fraction of sp³-hybridized carbons (Fsp3) is 0.111. The summed E-state index contributed by atoms with van der Waals surface area (Å²) in [5.41, 5.74) is 3.21. The van der Waals surface area contributed by atoms with Crippen molar-refractivity contribution >= 4 is 40.0 Å². The summed E-state index contributed by atoms with van der Waals surface area (Å²) in [5, 5.41) is 6.88. The predicted octanol–water partition coefficient (Wildman–Crippen LogP) is 3.74. The first-order valence-electron chi connectivity index (χ1n) is 7.40. The van der Waals surface area contributed by atoms with E-state index in [1.54, 1.807) is 43.4 Å². The van der Waals surface area contributed by atoms with Gasteiger partial charge < -0.3 is 15.6 Å². The van der Waals surface area contributed by atoms with Crippen LogP contribution in [0.3, 0.4) is 0 Å². The standard InChI is InChI=1S/C18H16ClN3O2/c1-10-3-4-11(17(23)20-2)8-15(10)22-18(24)16-9-12-7-13(19)5-6-14(12)21-16/h3-9,21H,1-2H3,(H,20,23)(H,22,24). The number of H-pyrrole nitrogens is 1. The maximum absolute atomic E-state index is 12.5. The largest absolute Gasteiger partial charge is 0.355 e. The van der Waals surface area contributed by atoms with Crippen LogP contribution in [-0.4, -0.2) is 23.8 Å². The molecule has 0 spiro atoms. The molecule has 0 aliphatic rings. The molecule has 3 aromatic rings. The summed E-state index contributed by atoms with van der Waals surface area (Å²) in [7, 11) is 1.57. The number of aromatic amines is 1. The van der Waals surface area contributed by atoms with Gasteiger partial charge in [0.15, 0.2) is 0 Å². The zero-order valence-electron chi connectivity index (χ0n) is 13.2. The molecule has 3 rings (SSSR count). The molecule has 1 heterocycles. The normalized spacial score (nSPS) is 10.6. The third-order valence-corrected chi connectivity index (χ3v) is 4.04. The zero-order chi connectivity index (χ0) is 17.3. The minimum Gasteiger partial charge on any atom is -0.355 e. The van der Waals surface area contributed by atoms with Gasteiger partial charge in [-0.25, -0.2) is 0 Å². The number of carbonyl (C=O) groups is 2. The lowest BCUT2D eigenvalue weighted by molar-refractivity contribution is 0.0961. The maximum atomic E-state index is 12.5. The monoisotopic (exact) mass is 341 g/mol. The Morgan fingerprint density at radius 1 is 1.04 bits per heavy atom. The van der Waals surface area contributed by atoms with Crippen LogP contribution in [0.5, 0.6) is 0 Å². The van der Waals surface area contributed by atoms with Crippen LogP contribution in [0.15, 0.2) is 42.5 Å². The molecular weight excluding hydrogens is 326 g/mol. The molecule has 0 radical (unpaired) electrons. The van der Waals surface area contributed by atoms with E-state index in [0.717, 1.165) is 16.5 Å². The quantitative estimate of drug-likeness (QED) is 0.679. The summed E-state index contributed by atoms with van der Waals surface area (Å²) in [6.07, 6.45) is 0. The Kier molecular flexibility index (Phi) is 4.27. The number of aromatic nitrogens is 1. The summed E-state index contributed by atoms with van der Waals surface area (Å²) in [4.78, 5) is 27.3. The molecule has 24 heavy (non-hydrogen) atoms. The van der Waals surface area contributed by atoms with E-state index in [-0.39, 0.29) is 11.8 Å². The predicted molar refractivity (Wildman–Crippen MR) is 95.8 cm³/mol. The number of fused-ring (bicyclic) bond motifs is 1. The van der Waals surface area contributed by atoms with Crippen LogP contribution >= 0.6 is 11.6 Å². The number of rotatable bonds is 3. The highest BCUT2D eigenvalue weighted by atomic mass is 35.5. The Labute approximate surface area is 144 Å². The number of hydrogen-bond acceptors (Lipinski definition) is 2. The SMILES string of the molecule is CNC(=O)c1ccc(C)c(NC(=O)c2cc3cc(Cl)ccc3[nH]2)c1. The molecule has 6 heteroatoms. The third-order valence-electron chi connectivity index (χ3n) is 3.80. The molecule has 122 valence electrons. The van der Waals surface area contributed by atoms with Gasteiger partial charge in [0.25, 0.3) is 11.8 Å². The van der Waals surface area contributed by atoms with Crippen molar-refractivity contribution in [2.24, 2.45) is 0 Å². The number of carbonyl (C=O) groups excluding carboxylic acids is 2. The second kappa shape index (κ2) is 6.37. The summed E-state index contributed by atoms with van der Waals surface area (Å²) in [6.45, 7) is 1.87. The molecule has 2 amide bonds. The number of anilines is 1. The van der Waals surface area contributed by atoms with Crippen molar-refractivity contribution in [3.05, 3.63) is 64.3 Å². The van der Waals surface area contributed by atoms with E-state index < -0.39 is 0 Å². The van der Waals surface area contributed by atoms with Gasteiger partial charge in [0.05, 0.1) is 0 Å². The Bertz CT molecular complexity index is 947. The fourth-order valence-corrected chi connectivity index (χ4v) is 2.64. The van der Waals surface area contributed by atoms with E-state index in [2.05, 4.69) is 15.6 Å². The zero-order valence-corrected chi connectivity index (χ0v) is 14.0. The molecule has 0 saturated heterocycles. The van der Waals surface area contributed by atoms with Crippen LogP contribution < -0.4 is 10.6 Å². The van der Waals surface area contributed by atoms with Crippen molar-refractivity contribution in [1.29, 1.82) is 0 Å². The van der Waals surface area contributed by atoms with E-state index in [9.17, 15) is 9.59 Å². The van der Waals surface area contributed by atoms with E-state index in [1.807, 2.05) is 13.0 Å². The molecule has 0 fully saturated rings. The molecule has 1 aromatic heterocycles. The molecular formula is C18H16ClN3O2. The molecule has 3 N–H and O–H groups in total. The van der Waals surface area contributed by atoms with Crippen LogP contribution in [0.2, 0.25) is 5.02 Å². The first kappa shape index (κ1) is 16.1. The van der Waals surface area contributed by atoms with Gasteiger partial charge in [-0.15, -0.1) is 0 Å². The van der Waals surface area contributed by atoms with Crippen molar-refractivity contribution in [2.45, 2.75) is 6.92 Å². The van der Waals surface area contributed by atoms with Gasteiger partial charge in [-0.05, 0) is 48.9 Å². The first-order chi connectivity index (χ1) is 11.5. The molecule has 0 bridgehead atoms. The molecule has 0 saturated carbocycles. The Hall–Kier alpha value is -2.79. The van der Waals surface area contributed by atoms with Crippen LogP contribution in [-0.2, 0) is 0 Å². The Morgan fingerprint density at radius 2 is 1.83 bits per heavy atom. The van der Waals surface area contributed by atoms with Crippen molar-refractivity contribution in [3.8, 4) is 0 Å². The average molecular weight is 342 g/mol. The Balaban J connectivity index is 1.89. The first-order valence-corrected chi connectivity index (χ1v) is 7.78. The minimum absolute atomic E-state index is 0.203. The molecule has 0 aliphatic heterocycles. The lowest BCUT2D eigenvalue weighted by Crippen LogP contribution is -2.19. The number of benzene rings is 2. The van der Waals surface area contributed by atoms with Crippen molar-refractivity contribution in [2.75, 3.05) is 12.4 Å².